The summed E-state index contributed by atoms with van der Waals surface area (Å²) in [6, 6.07) is 8.59. The Kier molecular flexibility index (Phi) is 3.46. The van der Waals surface area contributed by atoms with Crippen LogP contribution in [0.5, 0.6) is 0 Å². The number of aryl methyl sites for hydroxylation is 1. The normalized spacial score (nSPS) is 10.0. The molecule has 0 saturated carbocycles. The Balaban J connectivity index is 2.66. The Morgan fingerprint density at radius 3 is 2.18 bits per heavy atom. The second-order valence-electron chi connectivity index (χ2n) is 2.48. The SMILES string of the molecule is CCc1ccc(CSN)cc1. The highest BCUT2D eigenvalue weighted by Crippen LogP contribution is 2.08. The van der Waals surface area contributed by atoms with Gasteiger partial charge >= 0.3 is 0 Å². The van der Waals surface area contributed by atoms with Crippen LogP contribution in [-0.2, 0) is 12.2 Å². The van der Waals surface area contributed by atoms with Crippen molar-refractivity contribution in [2.24, 2.45) is 5.14 Å². The zero-order valence-electron chi connectivity index (χ0n) is 6.71. The molecule has 0 aliphatic heterocycles. The van der Waals surface area contributed by atoms with Crippen LogP contribution in [0.4, 0.5) is 0 Å². The van der Waals surface area contributed by atoms with E-state index in [0.29, 0.717) is 0 Å². The predicted molar refractivity (Wildman–Crippen MR) is 51.3 cm³/mol. The third-order valence-electron chi connectivity index (χ3n) is 1.68. The molecule has 0 unspecified atom stereocenters. The van der Waals surface area contributed by atoms with E-state index >= 15 is 0 Å². The standard InChI is InChI=1S/C9H13NS/c1-2-8-3-5-9(6-4-8)7-11-10/h3-6H,2,7,10H2,1H3. The smallest absolute Gasteiger partial charge is 0.0328 e. The molecule has 0 atom stereocenters. The number of rotatable bonds is 3. The first-order chi connectivity index (χ1) is 5.36. The van der Waals surface area contributed by atoms with Crippen LogP contribution in [0, 0.1) is 0 Å². The van der Waals surface area contributed by atoms with Gasteiger partial charge in [-0.2, -0.15) is 0 Å². The second-order valence-corrected chi connectivity index (χ2v) is 3.10. The minimum absolute atomic E-state index is 0.907. The highest BCUT2D eigenvalue weighted by Gasteiger charge is 1.91. The van der Waals surface area contributed by atoms with Crippen molar-refractivity contribution in [2.75, 3.05) is 0 Å². The molecule has 0 aliphatic carbocycles. The molecule has 0 bridgehead atoms. The van der Waals surface area contributed by atoms with Crippen LogP contribution in [-0.4, -0.2) is 0 Å². The summed E-state index contributed by atoms with van der Waals surface area (Å²) in [5.74, 6) is 0.907. The van der Waals surface area contributed by atoms with Crippen LogP contribution < -0.4 is 5.14 Å². The van der Waals surface area contributed by atoms with Gasteiger partial charge in [-0.15, -0.1) is 0 Å². The molecule has 0 radical (unpaired) electrons. The van der Waals surface area contributed by atoms with Crippen LogP contribution >= 0.6 is 11.9 Å². The Labute approximate surface area is 72.1 Å². The molecule has 0 aliphatic rings. The zero-order chi connectivity index (χ0) is 8.10. The minimum atomic E-state index is 0.907. The van der Waals surface area contributed by atoms with E-state index < -0.39 is 0 Å². The molecule has 2 N–H and O–H groups in total. The van der Waals surface area contributed by atoms with Crippen molar-refractivity contribution >= 4 is 11.9 Å². The van der Waals surface area contributed by atoms with Crippen LogP contribution in [0.15, 0.2) is 24.3 Å². The molecule has 1 rings (SSSR count). The lowest BCUT2D eigenvalue weighted by Gasteiger charge is -1.99. The predicted octanol–water partition coefficient (Wildman–Crippen LogP) is 2.36. The largest absolute Gasteiger partial charge is 0.278 e. The molecular weight excluding hydrogens is 154 g/mol. The average molecular weight is 167 g/mol. The molecule has 2 heteroatoms. The molecule has 0 aromatic heterocycles. The van der Waals surface area contributed by atoms with E-state index in [1.54, 1.807) is 0 Å². The quantitative estimate of drug-likeness (QED) is 0.699. The molecule has 0 amide bonds. The van der Waals surface area contributed by atoms with E-state index in [4.69, 9.17) is 5.14 Å². The molecule has 1 nitrogen and oxygen atoms in total. The molecule has 1 aromatic rings. The molecular formula is C9H13NS. The zero-order valence-corrected chi connectivity index (χ0v) is 7.53. The van der Waals surface area contributed by atoms with E-state index in [1.807, 2.05) is 0 Å². The average Bonchev–Trinajstić information content (AvgIpc) is 2.07. The summed E-state index contributed by atoms with van der Waals surface area (Å²) in [6.45, 7) is 2.16. The Hall–Kier alpha value is -0.470. The monoisotopic (exact) mass is 167 g/mol. The van der Waals surface area contributed by atoms with Gasteiger partial charge in [0.25, 0.3) is 0 Å². The molecule has 11 heavy (non-hydrogen) atoms. The Morgan fingerprint density at radius 1 is 1.18 bits per heavy atom. The van der Waals surface area contributed by atoms with Crippen LogP contribution in [0.3, 0.4) is 0 Å². The van der Waals surface area contributed by atoms with Crippen molar-refractivity contribution in [1.82, 2.24) is 0 Å². The first-order valence-electron chi connectivity index (χ1n) is 3.76. The third-order valence-corrected chi connectivity index (χ3v) is 2.18. The molecule has 60 valence electrons. The number of hydrogen-bond donors (Lipinski definition) is 1. The van der Waals surface area contributed by atoms with Gasteiger partial charge in [-0.1, -0.05) is 43.1 Å². The lowest BCUT2D eigenvalue weighted by Crippen LogP contribution is -1.85. The molecule has 0 heterocycles. The minimum Gasteiger partial charge on any atom is -0.278 e. The van der Waals surface area contributed by atoms with Crippen molar-refractivity contribution in [1.29, 1.82) is 0 Å². The van der Waals surface area contributed by atoms with Gasteiger partial charge in [-0.05, 0) is 17.5 Å². The Morgan fingerprint density at radius 2 is 1.73 bits per heavy atom. The summed E-state index contributed by atoms with van der Waals surface area (Å²) in [5, 5.41) is 5.35. The van der Waals surface area contributed by atoms with E-state index in [1.165, 1.54) is 23.1 Å². The third kappa shape index (κ3) is 2.56. The fourth-order valence-corrected chi connectivity index (χ4v) is 1.35. The summed E-state index contributed by atoms with van der Waals surface area (Å²) in [7, 11) is 0. The van der Waals surface area contributed by atoms with Gasteiger partial charge in [-0.25, -0.2) is 0 Å². The topological polar surface area (TPSA) is 26.0 Å². The maximum atomic E-state index is 5.35. The summed E-state index contributed by atoms with van der Waals surface area (Å²) in [5.41, 5.74) is 2.69. The van der Waals surface area contributed by atoms with Gasteiger partial charge in [0.05, 0.1) is 0 Å². The van der Waals surface area contributed by atoms with Gasteiger partial charge in [0.15, 0.2) is 0 Å². The van der Waals surface area contributed by atoms with Crippen LogP contribution in [0.1, 0.15) is 18.1 Å². The maximum Gasteiger partial charge on any atom is 0.0328 e. The lowest BCUT2D eigenvalue weighted by molar-refractivity contribution is 1.13. The van der Waals surface area contributed by atoms with E-state index in [2.05, 4.69) is 31.2 Å². The van der Waals surface area contributed by atoms with Crippen molar-refractivity contribution < 1.29 is 0 Å². The van der Waals surface area contributed by atoms with E-state index in [0.717, 1.165) is 12.2 Å². The van der Waals surface area contributed by atoms with Crippen molar-refractivity contribution in [3.8, 4) is 0 Å². The number of hydrogen-bond acceptors (Lipinski definition) is 2. The fourth-order valence-electron chi connectivity index (χ4n) is 0.967. The lowest BCUT2D eigenvalue weighted by atomic mass is 10.1. The van der Waals surface area contributed by atoms with Gasteiger partial charge in [0.1, 0.15) is 0 Å². The Bertz CT molecular complexity index is 205. The number of nitrogens with two attached hydrogens (primary N) is 1. The first kappa shape index (κ1) is 8.62. The van der Waals surface area contributed by atoms with Gasteiger partial charge in [-0.3, -0.25) is 5.14 Å². The summed E-state index contributed by atoms with van der Waals surface area (Å²) >= 11 is 1.37. The summed E-state index contributed by atoms with van der Waals surface area (Å²) in [4.78, 5) is 0. The summed E-state index contributed by atoms with van der Waals surface area (Å²) in [6.07, 6.45) is 1.11. The van der Waals surface area contributed by atoms with Crippen LogP contribution in [0.2, 0.25) is 0 Å². The van der Waals surface area contributed by atoms with Gasteiger partial charge in [0, 0.05) is 5.75 Å². The van der Waals surface area contributed by atoms with Crippen molar-refractivity contribution in [3.63, 3.8) is 0 Å². The number of benzene rings is 1. The fraction of sp³-hybridized carbons (Fsp3) is 0.333. The second kappa shape index (κ2) is 4.42. The molecule has 0 saturated heterocycles. The van der Waals surface area contributed by atoms with Gasteiger partial charge in [0.2, 0.25) is 0 Å². The first-order valence-corrected chi connectivity index (χ1v) is 4.81. The molecule has 0 spiro atoms. The molecule has 0 fully saturated rings. The van der Waals surface area contributed by atoms with Crippen LogP contribution in [0.25, 0.3) is 0 Å². The van der Waals surface area contributed by atoms with E-state index in [-0.39, 0.29) is 0 Å². The highest BCUT2D eigenvalue weighted by atomic mass is 32.2. The van der Waals surface area contributed by atoms with Crippen molar-refractivity contribution in [3.05, 3.63) is 35.4 Å². The molecule has 1 aromatic carbocycles. The highest BCUT2D eigenvalue weighted by molar-refractivity contribution is 7.96. The maximum absolute atomic E-state index is 5.35. The van der Waals surface area contributed by atoms with E-state index in [9.17, 15) is 0 Å². The van der Waals surface area contributed by atoms with Crippen molar-refractivity contribution in [2.45, 2.75) is 19.1 Å². The summed E-state index contributed by atoms with van der Waals surface area (Å²) < 4.78 is 0. The van der Waals surface area contributed by atoms with Gasteiger partial charge < -0.3 is 0 Å².